The van der Waals surface area contributed by atoms with Gasteiger partial charge in [0.2, 0.25) is 0 Å². The van der Waals surface area contributed by atoms with Crippen LogP contribution in [0.1, 0.15) is 30.6 Å². The molecule has 4 nitrogen and oxygen atoms in total. The van der Waals surface area contributed by atoms with Crippen molar-refractivity contribution in [2.24, 2.45) is 11.8 Å². The molecule has 1 aliphatic carbocycles. The van der Waals surface area contributed by atoms with Crippen molar-refractivity contribution in [3.63, 3.8) is 0 Å². The highest BCUT2D eigenvalue weighted by atomic mass is 35.5. The number of carboxylic acid groups (broad SMARTS) is 1. The largest absolute Gasteiger partial charge is 0.489 e. The number of hydrogen-bond acceptors (Lipinski definition) is 3. The summed E-state index contributed by atoms with van der Waals surface area (Å²) in [6.45, 7) is 3.77. The summed E-state index contributed by atoms with van der Waals surface area (Å²) in [6.07, 6.45) is 0.412. The molecule has 1 fully saturated rings. The summed E-state index contributed by atoms with van der Waals surface area (Å²) in [7, 11) is 0. The summed E-state index contributed by atoms with van der Waals surface area (Å²) in [5, 5.41) is 9.19. The highest BCUT2D eigenvalue weighted by Crippen LogP contribution is 2.41. The lowest BCUT2D eigenvalue weighted by molar-refractivity contribution is -0.138. The SMILES string of the molecule is CC(C)Oc1ccc(C(=O)[C@H]2C[C@@H]2C(=O)O)cc1Cl. The van der Waals surface area contributed by atoms with E-state index in [-0.39, 0.29) is 11.9 Å². The zero-order valence-electron chi connectivity index (χ0n) is 10.7. The van der Waals surface area contributed by atoms with E-state index in [9.17, 15) is 9.59 Å². The number of ketones is 1. The van der Waals surface area contributed by atoms with Crippen molar-refractivity contribution in [1.29, 1.82) is 0 Å². The molecular weight excluding hydrogens is 268 g/mol. The quantitative estimate of drug-likeness (QED) is 0.843. The number of carboxylic acids is 1. The average Bonchev–Trinajstić information content (AvgIpc) is 3.10. The number of carbonyl (C=O) groups excluding carboxylic acids is 1. The Hall–Kier alpha value is -1.55. The Labute approximate surface area is 116 Å². The maximum Gasteiger partial charge on any atom is 0.307 e. The minimum Gasteiger partial charge on any atom is -0.489 e. The lowest BCUT2D eigenvalue weighted by atomic mass is 10.1. The molecule has 0 heterocycles. The van der Waals surface area contributed by atoms with Gasteiger partial charge in [0.15, 0.2) is 5.78 Å². The smallest absolute Gasteiger partial charge is 0.307 e. The van der Waals surface area contributed by atoms with Crippen LogP contribution in [0.15, 0.2) is 18.2 Å². The fourth-order valence-corrected chi connectivity index (χ4v) is 2.20. The molecule has 1 saturated carbocycles. The molecule has 102 valence electrons. The van der Waals surface area contributed by atoms with Gasteiger partial charge < -0.3 is 9.84 Å². The third-order valence-corrected chi connectivity index (χ3v) is 3.32. The van der Waals surface area contributed by atoms with Crippen LogP contribution in [0.3, 0.4) is 0 Å². The van der Waals surface area contributed by atoms with Gasteiger partial charge in [0, 0.05) is 11.5 Å². The van der Waals surface area contributed by atoms with Gasteiger partial charge in [0.1, 0.15) is 5.75 Å². The highest BCUT2D eigenvalue weighted by Gasteiger charge is 2.48. The summed E-state index contributed by atoms with van der Waals surface area (Å²) in [6, 6.07) is 4.82. The molecule has 0 radical (unpaired) electrons. The zero-order valence-corrected chi connectivity index (χ0v) is 11.5. The molecule has 0 aromatic heterocycles. The number of halogens is 1. The van der Waals surface area contributed by atoms with Gasteiger partial charge in [-0.1, -0.05) is 11.6 Å². The number of Topliss-reactive ketones (excluding diaryl/α,β-unsaturated/α-hetero) is 1. The fraction of sp³-hybridized carbons (Fsp3) is 0.429. The van der Waals surface area contributed by atoms with Gasteiger partial charge in [-0.25, -0.2) is 0 Å². The molecule has 1 aromatic rings. The lowest BCUT2D eigenvalue weighted by Crippen LogP contribution is -2.09. The van der Waals surface area contributed by atoms with Gasteiger partial charge in [0.25, 0.3) is 0 Å². The maximum atomic E-state index is 12.0. The number of benzene rings is 1. The maximum absolute atomic E-state index is 12.0. The Morgan fingerprint density at radius 2 is 2.05 bits per heavy atom. The number of aliphatic carboxylic acids is 1. The van der Waals surface area contributed by atoms with E-state index in [0.29, 0.717) is 22.8 Å². The van der Waals surface area contributed by atoms with Crippen molar-refractivity contribution in [3.05, 3.63) is 28.8 Å². The summed E-state index contributed by atoms with van der Waals surface area (Å²) in [5.74, 6) is -1.50. The predicted octanol–water partition coefficient (Wildman–Crippen LogP) is 3.03. The standard InChI is InChI=1S/C14H15ClO4/c1-7(2)19-12-4-3-8(5-11(12)15)13(16)9-6-10(9)14(17)18/h3-5,7,9-10H,6H2,1-2H3,(H,17,18)/t9-,10-/m0/s1. The third-order valence-electron chi connectivity index (χ3n) is 3.02. The number of ether oxygens (including phenoxy) is 1. The third kappa shape index (κ3) is 3.07. The van der Waals surface area contributed by atoms with Crippen molar-refractivity contribution in [2.75, 3.05) is 0 Å². The van der Waals surface area contributed by atoms with Crippen molar-refractivity contribution in [3.8, 4) is 5.75 Å². The van der Waals surface area contributed by atoms with Crippen LogP contribution >= 0.6 is 11.6 Å². The molecule has 0 spiro atoms. The Kier molecular flexibility index (Phi) is 3.80. The van der Waals surface area contributed by atoms with Crippen LogP contribution in [0.25, 0.3) is 0 Å². The van der Waals surface area contributed by atoms with Crippen LogP contribution in [0.2, 0.25) is 5.02 Å². The van der Waals surface area contributed by atoms with Crippen LogP contribution in [-0.4, -0.2) is 23.0 Å². The molecule has 5 heteroatoms. The second-order valence-electron chi connectivity index (χ2n) is 4.96. The van der Waals surface area contributed by atoms with Gasteiger partial charge in [-0.15, -0.1) is 0 Å². The predicted molar refractivity (Wildman–Crippen MR) is 70.8 cm³/mol. The van der Waals surface area contributed by atoms with Gasteiger partial charge in [-0.05, 0) is 38.5 Å². The normalized spacial score (nSPS) is 21.3. The molecule has 0 bridgehead atoms. The monoisotopic (exact) mass is 282 g/mol. The zero-order chi connectivity index (χ0) is 14.2. The molecular formula is C14H15ClO4. The van der Waals surface area contributed by atoms with Crippen molar-refractivity contribution < 1.29 is 19.4 Å². The minimum atomic E-state index is -0.913. The topological polar surface area (TPSA) is 63.6 Å². The van der Waals surface area contributed by atoms with Gasteiger partial charge >= 0.3 is 5.97 Å². The summed E-state index contributed by atoms with van der Waals surface area (Å²) < 4.78 is 5.48. The van der Waals surface area contributed by atoms with Crippen molar-refractivity contribution in [1.82, 2.24) is 0 Å². The first-order valence-corrected chi connectivity index (χ1v) is 6.51. The second-order valence-corrected chi connectivity index (χ2v) is 5.37. The molecule has 1 N–H and O–H groups in total. The van der Waals surface area contributed by atoms with E-state index in [1.807, 2.05) is 13.8 Å². The number of hydrogen-bond donors (Lipinski definition) is 1. The van der Waals surface area contributed by atoms with Crippen LogP contribution < -0.4 is 4.74 Å². The Morgan fingerprint density at radius 3 is 2.53 bits per heavy atom. The van der Waals surface area contributed by atoms with Crippen molar-refractivity contribution >= 4 is 23.4 Å². The molecule has 0 unspecified atom stereocenters. The summed E-state index contributed by atoms with van der Waals surface area (Å²) in [5.41, 5.74) is 0.440. The Balaban J connectivity index is 2.12. The highest BCUT2D eigenvalue weighted by molar-refractivity contribution is 6.32. The summed E-state index contributed by atoms with van der Waals surface area (Å²) in [4.78, 5) is 22.8. The molecule has 2 rings (SSSR count). The summed E-state index contributed by atoms with van der Waals surface area (Å²) >= 11 is 6.05. The fourth-order valence-electron chi connectivity index (χ4n) is 1.98. The van der Waals surface area contributed by atoms with Crippen LogP contribution in [0, 0.1) is 11.8 Å². The van der Waals surface area contributed by atoms with E-state index in [1.54, 1.807) is 18.2 Å². The van der Waals surface area contributed by atoms with E-state index in [2.05, 4.69) is 0 Å². The number of carbonyl (C=O) groups is 2. The minimum absolute atomic E-state index is 0.00104. The van der Waals surface area contributed by atoms with E-state index in [4.69, 9.17) is 21.4 Å². The average molecular weight is 283 g/mol. The van der Waals surface area contributed by atoms with Gasteiger partial charge in [-0.3, -0.25) is 9.59 Å². The second kappa shape index (κ2) is 5.21. The van der Waals surface area contributed by atoms with Crippen LogP contribution in [0.5, 0.6) is 5.75 Å². The Morgan fingerprint density at radius 1 is 1.37 bits per heavy atom. The van der Waals surface area contributed by atoms with Crippen LogP contribution in [-0.2, 0) is 4.79 Å². The first-order valence-electron chi connectivity index (χ1n) is 6.13. The molecule has 0 amide bonds. The molecule has 1 aromatic carbocycles. The van der Waals surface area contributed by atoms with Crippen LogP contribution in [0.4, 0.5) is 0 Å². The number of rotatable bonds is 5. The lowest BCUT2D eigenvalue weighted by Gasteiger charge is -2.11. The molecule has 2 atom stereocenters. The van der Waals surface area contributed by atoms with Crippen molar-refractivity contribution in [2.45, 2.75) is 26.4 Å². The molecule has 1 aliphatic rings. The van der Waals surface area contributed by atoms with E-state index in [0.717, 1.165) is 0 Å². The van der Waals surface area contributed by atoms with E-state index < -0.39 is 17.8 Å². The molecule has 0 aliphatic heterocycles. The Bertz CT molecular complexity index is 524. The van der Waals surface area contributed by atoms with E-state index >= 15 is 0 Å². The molecule has 19 heavy (non-hydrogen) atoms. The van der Waals surface area contributed by atoms with E-state index in [1.165, 1.54) is 0 Å². The van der Waals surface area contributed by atoms with Gasteiger partial charge in [-0.2, -0.15) is 0 Å². The first kappa shape index (κ1) is 13.9. The first-order chi connectivity index (χ1) is 8.90. The molecule has 0 saturated heterocycles. The van der Waals surface area contributed by atoms with Gasteiger partial charge in [0.05, 0.1) is 17.0 Å².